The van der Waals surface area contributed by atoms with Crippen LogP contribution >= 0.6 is 15.9 Å². The average Bonchev–Trinajstić information content (AvgIpc) is 2.82. The van der Waals surface area contributed by atoms with Crippen molar-refractivity contribution < 1.29 is 9.84 Å². The molecule has 3 rings (SSSR count). The molecule has 0 spiro atoms. The van der Waals surface area contributed by atoms with Gasteiger partial charge in [0.05, 0.1) is 12.2 Å². The molecule has 1 saturated carbocycles. The van der Waals surface area contributed by atoms with E-state index >= 15 is 0 Å². The molecule has 3 atom stereocenters. The second-order valence-electron chi connectivity index (χ2n) is 6.72. The SMILES string of the molecule is CC1CCC(C)C(O)(Cc2cc(Br)cc3c2OCC3)C1. The predicted octanol–water partition coefficient (Wildman–Crippen LogP) is 4.11. The molecule has 1 aromatic carbocycles. The second-order valence-corrected chi connectivity index (χ2v) is 7.64. The van der Waals surface area contributed by atoms with Crippen LogP contribution in [0.25, 0.3) is 0 Å². The molecule has 1 aliphatic carbocycles. The average molecular weight is 339 g/mol. The van der Waals surface area contributed by atoms with Crippen LogP contribution in [0, 0.1) is 11.8 Å². The number of halogens is 1. The van der Waals surface area contributed by atoms with E-state index in [1.54, 1.807) is 0 Å². The molecular weight excluding hydrogens is 316 g/mol. The van der Waals surface area contributed by atoms with Crippen molar-refractivity contribution >= 4 is 15.9 Å². The monoisotopic (exact) mass is 338 g/mol. The van der Waals surface area contributed by atoms with Crippen molar-refractivity contribution in [3.8, 4) is 5.75 Å². The van der Waals surface area contributed by atoms with Crippen LogP contribution in [0.15, 0.2) is 16.6 Å². The first-order chi connectivity index (χ1) is 9.48. The molecule has 1 aromatic rings. The molecule has 1 heterocycles. The highest BCUT2D eigenvalue weighted by Crippen LogP contribution is 2.42. The number of aliphatic hydroxyl groups is 1. The first-order valence-electron chi connectivity index (χ1n) is 7.64. The Balaban J connectivity index is 1.91. The maximum atomic E-state index is 11.1. The Morgan fingerprint density at radius 1 is 1.35 bits per heavy atom. The van der Waals surface area contributed by atoms with E-state index in [0.717, 1.165) is 41.7 Å². The maximum absolute atomic E-state index is 11.1. The molecule has 2 nitrogen and oxygen atoms in total. The molecule has 0 bridgehead atoms. The lowest BCUT2D eigenvalue weighted by molar-refractivity contribution is -0.0563. The van der Waals surface area contributed by atoms with Gasteiger partial charge >= 0.3 is 0 Å². The highest BCUT2D eigenvalue weighted by atomic mass is 79.9. The summed E-state index contributed by atoms with van der Waals surface area (Å²) >= 11 is 3.59. The van der Waals surface area contributed by atoms with E-state index in [1.165, 1.54) is 12.0 Å². The molecule has 3 unspecified atom stereocenters. The summed E-state index contributed by atoms with van der Waals surface area (Å²) in [6, 6.07) is 4.26. The Kier molecular flexibility index (Phi) is 3.85. The summed E-state index contributed by atoms with van der Waals surface area (Å²) < 4.78 is 6.90. The smallest absolute Gasteiger partial charge is 0.125 e. The van der Waals surface area contributed by atoms with Gasteiger partial charge in [-0.1, -0.05) is 36.2 Å². The van der Waals surface area contributed by atoms with Crippen molar-refractivity contribution in [3.63, 3.8) is 0 Å². The zero-order valence-electron chi connectivity index (χ0n) is 12.3. The molecule has 2 aliphatic rings. The molecule has 0 radical (unpaired) electrons. The lowest BCUT2D eigenvalue weighted by Crippen LogP contribution is -2.43. The number of hydrogen-bond donors (Lipinski definition) is 1. The molecular formula is C17H23BrO2. The van der Waals surface area contributed by atoms with E-state index in [4.69, 9.17) is 4.74 Å². The van der Waals surface area contributed by atoms with Gasteiger partial charge in [0, 0.05) is 17.3 Å². The van der Waals surface area contributed by atoms with Gasteiger partial charge in [-0.2, -0.15) is 0 Å². The summed E-state index contributed by atoms with van der Waals surface area (Å²) in [4.78, 5) is 0. The van der Waals surface area contributed by atoms with E-state index in [-0.39, 0.29) is 0 Å². The van der Waals surface area contributed by atoms with E-state index in [0.29, 0.717) is 18.3 Å². The Morgan fingerprint density at radius 3 is 2.95 bits per heavy atom. The number of ether oxygens (including phenoxy) is 1. The minimum atomic E-state index is -0.585. The summed E-state index contributed by atoms with van der Waals surface area (Å²) in [7, 11) is 0. The molecule has 0 saturated heterocycles. The minimum absolute atomic E-state index is 0.356. The Labute approximate surface area is 129 Å². The molecule has 1 N–H and O–H groups in total. The van der Waals surface area contributed by atoms with Gasteiger partial charge < -0.3 is 9.84 Å². The van der Waals surface area contributed by atoms with Crippen LogP contribution in [0.5, 0.6) is 5.75 Å². The van der Waals surface area contributed by atoms with Gasteiger partial charge in [0.25, 0.3) is 0 Å². The van der Waals surface area contributed by atoms with Gasteiger partial charge in [-0.05, 0) is 47.9 Å². The lowest BCUT2D eigenvalue weighted by Gasteiger charge is -2.41. The maximum Gasteiger partial charge on any atom is 0.125 e. The third kappa shape index (κ3) is 2.62. The fourth-order valence-electron chi connectivity index (χ4n) is 3.76. The van der Waals surface area contributed by atoms with Crippen LogP contribution in [-0.4, -0.2) is 17.3 Å². The molecule has 0 amide bonds. The minimum Gasteiger partial charge on any atom is -0.493 e. The van der Waals surface area contributed by atoms with Crippen molar-refractivity contribution in [2.75, 3.05) is 6.61 Å². The predicted molar refractivity (Wildman–Crippen MR) is 84.2 cm³/mol. The summed E-state index contributed by atoms with van der Waals surface area (Å²) in [5, 5.41) is 11.1. The first kappa shape index (κ1) is 14.4. The third-order valence-electron chi connectivity index (χ3n) is 5.03. The van der Waals surface area contributed by atoms with Gasteiger partial charge in [-0.25, -0.2) is 0 Å². The number of hydrogen-bond acceptors (Lipinski definition) is 2. The van der Waals surface area contributed by atoms with Gasteiger partial charge in [0.15, 0.2) is 0 Å². The molecule has 20 heavy (non-hydrogen) atoms. The third-order valence-corrected chi connectivity index (χ3v) is 5.49. The van der Waals surface area contributed by atoms with E-state index in [9.17, 15) is 5.11 Å². The summed E-state index contributed by atoms with van der Waals surface area (Å²) in [5.74, 6) is 1.99. The fraction of sp³-hybridized carbons (Fsp3) is 0.647. The topological polar surface area (TPSA) is 29.5 Å². The molecule has 0 aromatic heterocycles. The first-order valence-corrected chi connectivity index (χ1v) is 8.44. The molecule has 1 aliphatic heterocycles. The van der Waals surface area contributed by atoms with E-state index < -0.39 is 5.60 Å². The van der Waals surface area contributed by atoms with Gasteiger partial charge in [-0.15, -0.1) is 0 Å². The quantitative estimate of drug-likeness (QED) is 0.879. The van der Waals surface area contributed by atoms with Crippen LogP contribution in [0.4, 0.5) is 0 Å². The fourth-order valence-corrected chi connectivity index (χ4v) is 4.32. The Hall–Kier alpha value is -0.540. The van der Waals surface area contributed by atoms with Crippen molar-refractivity contribution in [1.29, 1.82) is 0 Å². The van der Waals surface area contributed by atoms with Crippen molar-refractivity contribution in [3.05, 3.63) is 27.7 Å². The number of fused-ring (bicyclic) bond motifs is 1. The van der Waals surface area contributed by atoms with Crippen molar-refractivity contribution in [2.24, 2.45) is 11.8 Å². The van der Waals surface area contributed by atoms with E-state index in [2.05, 4.69) is 41.9 Å². The highest BCUT2D eigenvalue weighted by Gasteiger charge is 2.39. The zero-order valence-corrected chi connectivity index (χ0v) is 13.9. The van der Waals surface area contributed by atoms with Gasteiger partial charge in [0.2, 0.25) is 0 Å². The molecule has 110 valence electrons. The summed E-state index contributed by atoms with van der Waals surface area (Å²) in [6.45, 7) is 5.20. The van der Waals surface area contributed by atoms with E-state index in [1.807, 2.05) is 0 Å². The van der Waals surface area contributed by atoms with Crippen LogP contribution in [0.3, 0.4) is 0 Å². The van der Waals surface area contributed by atoms with Crippen molar-refractivity contribution in [1.82, 2.24) is 0 Å². The summed E-state index contributed by atoms with van der Waals surface area (Å²) in [6.07, 6.45) is 4.94. The highest BCUT2D eigenvalue weighted by molar-refractivity contribution is 9.10. The van der Waals surface area contributed by atoms with Crippen molar-refractivity contribution in [2.45, 2.75) is 51.6 Å². The second kappa shape index (κ2) is 5.34. The molecule has 1 fully saturated rings. The number of benzene rings is 1. The zero-order chi connectivity index (χ0) is 14.3. The summed E-state index contributed by atoms with van der Waals surface area (Å²) in [5.41, 5.74) is 1.85. The van der Waals surface area contributed by atoms with Gasteiger partial charge in [0.1, 0.15) is 5.75 Å². The number of rotatable bonds is 2. The van der Waals surface area contributed by atoms with Gasteiger partial charge in [-0.3, -0.25) is 0 Å². The van der Waals surface area contributed by atoms with Crippen LogP contribution in [0.2, 0.25) is 0 Å². The standard InChI is InChI=1S/C17H23BrO2/c1-11-3-4-12(2)17(19,9-11)10-14-8-15(18)7-13-5-6-20-16(13)14/h7-8,11-12,19H,3-6,9-10H2,1-2H3. The Bertz CT molecular complexity index is 514. The van der Waals surface area contributed by atoms with Crippen LogP contribution in [0.1, 0.15) is 44.2 Å². The largest absolute Gasteiger partial charge is 0.493 e. The van der Waals surface area contributed by atoms with Crippen LogP contribution in [-0.2, 0) is 12.8 Å². The normalized spacial score (nSPS) is 32.8. The van der Waals surface area contributed by atoms with Crippen LogP contribution < -0.4 is 4.74 Å². The lowest BCUT2D eigenvalue weighted by atomic mass is 9.69. The molecule has 3 heteroatoms. The Morgan fingerprint density at radius 2 is 2.15 bits per heavy atom.